The molecule has 0 saturated carbocycles. The Morgan fingerprint density at radius 3 is 1.93 bits per heavy atom. The van der Waals surface area contributed by atoms with Crippen LogP contribution in [0.5, 0.6) is 0 Å². The number of benzene rings is 2. The Labute approximate surface area is 176 Å². The van der Waals surface area contributed by atoms with Crippen LogP contribution >= 0.6 is 0 Å². The second kappa shape index (κ2) is 8.14. The predicted octanol–water partition coefficient (Wildman–Crippen LogP) is 3.87. The SMILES string of the molecule is Cc1ccc(-c2cc(C(=O)N3CCN(C(=O)c4cc(C)cc(C)c4)CC3)on2)cc1. The lowest BCUT2D eigenvalue weighted by atomic mass is 10.1. The molecule has 0 bridgehead atoms. The molecule has 0 atom stereocenters. The fourth-order valence-corrected chi connectivity index (χ4v) is 3.79. The Balaban J connectivity index is 1.40. The molecule has 6 heteroatoms. The van der Waals surface area contributed by atoms with Gasteiger partial charge in [-0.15, -0.1) is 0 Å². The Morgan fingerprint density at radius 2 is 1.33 bits per heavy atom. The molecule has 1 saturated heterocycles. The number of hydrogen-bond donors (Lipinski definition) is 0. The van der Waals surface area contributed by atoms with E-state index in [4.69, 9.17) is 4.52 Å². The molecule has 0 radical (unpaired) electrons. The van der Waals surface area contributed by atoms with Crippen molar-refractivity contribution in [3.63, 3.8) is 0 Å². The summed E-state index contributed by atoms with van der Waals surface area (Å²) in [5.41, 5.74) is 5.55. The van der Waals surface area contributed by atoms with Crippen molar-refractivity contribution in [3.05, 3.63) is 76.5 Å². The van der Waals surface area contributed by atoms with Gasteiger partial charge in [0.25, 0.3) is 11.8 Å². The summed E-state index contributed by atoms with van der Waals surface area (Å²) in [5, 5.41) is 4.04. The van der Waals surface area contributed by atoms with Crippen LogP contribution in [0, 0.1) is 20.8 Å². The van der Waals surface area contributed by atoms with E-state index in [9.17, 15) is 9.59 Å². The van der Waals surface area contributed by atoms with Gasteiger partial charge >= 0.3 is 0 Å². The Hall–Kier alpha value is -3.41. The van der Waals surface area contributed by atoms with Crippen LogP contribution in [0.2, 0.25) is 0 Å². The van der Waals surface area contributed by atoms with E-state index in [1.807, 2.05) is 57.2 Å². The predicted molar refractivity (Wildman–Crippen MR) is 114 cm³/mol. The van der Waals surface area contributed by atoms with Gasteiger partial charge in [0.1, 0.15) is 5.69 Å². The van der Waals surface area contributed by atoms with Gasteiger partial charge in [0.05, 0.1) is 0 Å². The maximum absolute atomic E-state index is 12.8. The second-order valence-electron chi connectivity index (χ2n) is 7.90. The largest absolute Gasteiger partial charge is 0.350 e. The van der Waals surface area contributed by atoms with Crippen LogP contribution in [-0.2, 0) is 0 Å². The van der Waals surface area contributed by atoms with E-state index in [0.29, 0.717) is 37.4 Å². The molecular weight excluding hydrogens is 378 g/mol. The summed E-state index contributed by atoms with van der Waals surface area (Å²) in [7, 11) is 0. The van der Waals surface area contributed by atoms with Gasteiger partial charge in [-0.3, -0.25) is 9.59 Å². The summed E-state index contributed by atoms with van der Waals surface area (Å²) in [5.74, 6) is 0.0363. The van der Waals surface area contributed by atoms with Gasteiger partial charge < -0.3 is 14.3 Å². The van der Waals surface area contributed by atoms with Crippen LogP contribution < -0.4 is 0 Å². The number of piperazine rings is 1. The summed E-state index contributed by atoms with van der Waals surface area (Å²) in [4.78, 5) is 29.2. The highest BCUT2D eigenvalue weighted by Gasteiger charge is 2.27. The average molecular weight is 403 g/mol. The molecule has 1 aliphatic heterocycles. The number of hydrogen-bond acceptors (Lipinski definition) is 4. The van der Waals surface area contributed by atoms with Crippen molar-refractivity contribution >= 4 is 11.8 Å². The zero-order chi connectivity index (χ0) is 21.3. The van der Waals surface area contributed by atoms with Crippen molar-refractivity contribution in [3.8, 4) is 11.3 Å². The van der Waals surface area contributed by atoms with E-state index in [0.717, 1.165) is 22.3 Å². The minimum atomic E-state index is -0.195. The third kappa shape index (κ3) is 4.13. The van der Waals surface area contributed by atoms with Crippen LogP contribution in [-0.4, -0.2) is 52.9 Å². The number of carbonyl (C=O) groups is 2. The first-order chi connectivity index (χ1) is 14.4. The van der Waals surface area contributed by atoms with E-state index in [1.54, 1.807) is 15.9 Å². The van der Waals surface area contributed by atoms with Crippen molar-refractivity contribution in [1.82, 2.24) is 15.0 Å². The van der Waals surface area contributed by atoms with Crippen LogP contribution in [0.25, 0.3) is 11.3 Å². The van der Waals surface area contributed by atoms with Crippen LogP contribution in [0.4, 0.5) is 0 Å². The smallest absolute Gasteiger partial charge is 0.292 e. The molecule has 1 aromatic heterocycles. The molecule has 3 aromatic rings. The molecule has 154 valence electrons. The first kappa shape index (κ1) is 19.9. The Morgan fingerprint density at radius 1 is 0.767 bits per heavy atom. The van der Waals surface area contributed by atoms with Crippen molar-refractivity contribution in [1.29, 1.82) is 0 Å². The normalized spacial score (nSPS) is 14.1. The number of carbonyl (C=O) groups excluding carboxylic acids is 2. The van der Waals surface area contributed by atoms with Crippen molar-refractivity contribution in [2.24, 2.45) is 0 Å². The summed E-state index contributed by atoms with van der Waals surface area (Å²) in [6.07, 6.45) is 0. The molecule has 2 aromatic carbocycles. The highest BCUT2D eigenvalue weighted by atomic mass is 16.5. The molecule has 2 amide bonds. The first-order valence-electron chi connectivity index (χ1n) is 10.1. The van der Waals surface area contributed by atoms with Crippen LogP contribution in [0.1, 0.15) is 37.6 Å². The third-order valence-electron chi connectivity index (χ3n) is 5.39. The van der Waals surface area contributed by atoms with E-state index in [2.05, 4.69) is 11.2 Å². The molecule has 1 aliphatic rings. The molecule has 0 N–H and O–H groups in total. The fourth-order valence-electron chi connectivity index (χ4n) is 3.79. The molecule has 30 heavy (non-hydrogen) atoms. The number of aryl methyl sites for hydroxylation is 3. The van der Waals surface area contributed by atoms with Crippen molar-refractivity contribution in [2.45, 2.75) is 20.8 Å². The molecule has 0 spiro atoms. The zero-order valence-corrected chi connectivity index (χ0v) is 17.5. The second-order valence-corrected chi connectivity index (χ2v) is 7.90. The molecular formula is C24H25N3O3. The molecule has 0 unspecified atom stereocenters. The number of rotatable bonds is 3. The molecule has 6 nitrogen and oxygen atoms in total. The first-order valence-corrected chi connectivity index (χ1v) is 10.1. The molecule has 2 heterocycles. The Bertz CT molecular complexity index is 1060. The number of amides is 2. The zero-order valence-electron chi connectivity index (χ0n) is 17.5. The standard InChI is InChI=1S/C24H25N3O3/c1-16-4-6-19(7-5-16)21-15-22(30-25-21)24(29)27-10-8-26(9-11-27)23(28)20-13-17(2)12-18(3)14-20/h4-7,12-15H,8-11H2,1-3H3. The summed E-state index contributed by atoms with van der Waals surface area (Å²) >= 11 is 0. The topological polar surface area (TPSA) is 66.7 Å². The van der Waals surface area contributed by atoms with Crippen LogP contribution in [0.3, 0.4) is 0 Å². The van der Waals surface area contributed by atoms with E-state index < -0.39 is 0 Å². The highest BCUT2D eigenvalue weighted by molar-refractivity contribution is 5.95. The quantitative estimate of drug-likeness (QED) is 0.666. The lowest BCUT2D eigenvalue weighted by Gasteiger charge is -2.34. The van der Waals surface area contributed by atoms with Gasteiger partial charge in [0.2, 0.25) is 5.76 Å². The van der Waals surface area contributed by atoms with Crippen molar-refractivity contribution < 1.29 is 14.1 Å². The monoisotopic (exact) mass is 403 g/mol. The molecule has 1 fully saturated rings. The van der Waals surface area contributed by atoms with Gasteiger partial charge in [-0.25, -0.2) is 0 Å². The highest BCUT2D eigenvalue weighted by Crippen LogP contribution is 2.21. The molecule has 4 rings (SSSR count). The van der Waals surface area contributed by atoms with Gasteiger partial charge in [0.15, 0.2) is 0 Å². The lowest BCUT2D eigenvalue weighted by Crippen LogP contribution is -2.50. The summed E-state index contributed by atoms with van der Waals surface area (Å²) < 4.78 is 5.31. The maximum Gasteiger partial charge on any atom is 0.292 e. The third-order valence-corrected chi connectivity index (χ3v) is 5.39. The Kier molecular flexibility index (Phi) is 5.40. The maximum atomic E-state index is 12.8. The number of nitrogens with zero attached hydrogens (tertiary/aromatic N) is 3. The summed E-state index contributed by atoms with van der Waals surface area (Å²) in [6.45, 7) is 7.93. The van der Waals surface area contributed by atoms with E-state index >= 15 is 0 Å². The summed E-state index contributed by atoms with van der Waals surface area (Å²) in [6, 6.07) is 15.5. The van der Waals surface area contributed by atoms with E-state index in [1.165, 1.54) is 0 Å². The number of aromatic nitrogens is 1. The van der Waals surface area contributed by atoms with Gasteiger partial charge in [-0.1, -0.05) is 52.2 Å². The van der Waals surface area contributed by atoms with E-state index in [-0.39, 0.29) is 17.6 Å². The fraction of sp³-hybridized carbons (Fsp3) is 0.292. The van der Waals surface area contributed by atoms with Crippen molar-refractivity contribution in [2.75, 3.05) is 26.2 Å². The van der Waals surface area contributed by atoms with Gasteiger partial charge in [-0.2, -0.15) is 0 Å². The lowest BCUT2D eigenvalue weighted by molar-refractivity contribution is 0.0512. The molecule has 0 aliphatic carbocycles. The minimum Gasteiger partial charge on any atom is -0.350 e. The average Bonchev–Trinajstić information content (AvgIpc) is 3.23. The van der Waals surface area contributed by atoms with Gasteiger partial charge in [-0.05, 0) is 32.9 Å². The van der Waals surface area contributed by atoms with Gasteiger partial charge in [0, 0.05) is 43.4 Å². The minimum absolute atomic E-state index is 0.00946. The van der Waals surface area contributed by atoms with Crippen LogP contribution in [0.15, 0.2) is 53.1 Å².